The molecule has 1 aliphatic carbocycles. The maximum absolute atomic E-state index is 4.52. The third-order valence-electron chi connectivity index (χ3n) is 4.36. The Morgan fingerprint density at radius 2 is 2.24 bits per heavy atom. The summed E-state index contributed by atoms with van der Waals surface area (Å²) in [6, 6.07) is 2.43. The molecular weight excluding hydrogens is 262 g/mol. The van der Waals surface area contributed by atoms with E-state index in [0.717, 1.165) is 25.9 Å². The van der Waals surface area contributed by atoms with Crippen LogP contribution in [0.5, 0.6) is 0 Å². The molecule has 114 valence electrons. The monoisotopic (exact) mass is 287 g/mol. The number of aromatic nitrogens is 4. The predicted octanol–water partition coefficient (Wildman–Crippen LogP) is 2.44. The van der Waals surface area contributed by atoms with Crippen LogP contribution in [0.25, 0.3) is 0 Å². The van der Waals surface area contributed by atoms with Crippen molar-refractivity contribution in [2.24, 2.45) is 0 Å². The maximum Gasteiger partial charge on any atom is 0.0794 e. The van der Waals surface area contributed by atoms with Gasteiger partial charge in [0.05, 0.1) is 5.69 Å². The summed E-state index contributed by atoms with van der Waals surface area (Å²) in [6.07, 6.45) is 11.2. The highest BCUT2D eigenvalue weighted by Gasteiger charge is 2.15. The second kappa shape index (κ2) is 6.89. The van der Waals surface area contributed by atoms with E-state index < -0.39 is 0 Å². The first-order valence-corrected chi connectivity index (χ1v) is 8.08. The van der Waals surface area contributed by atoms with E-state index in [-0.39, 0.29) is 0 Å². The highest BCUT2D eigenvalue weighted by atomic mass is 15.3. The second-order valence-corrected chi connectivity index (χ2v) is 6.03. The van der Waals surface area contributed by atoms with E-state index in [4.69, 9.17) is 0 Å². The minimum atomic E-state index is 0.465. The van der Waals surface area contributed by atoms with E-state index in [0.29, 0.717) is 6.04 Å². The topological polar surface area (TPSA) is 58.5 Å². The van der Waals surface area contributed by atoms with Crippen LogP contribution < -0.4 is 5.32 Å². The number of nitrogens with zero attached hydrogens (tertiary/aromatic N) is 3. The van der Waals surface area contributed by atoms with Gasteiger partial charge in [0.1, 0.15) is 0 Å². The van der Waals surface area contributed by atoms with Gasteiger partial charge in [-0.15, -0.1) is 0 Å². The largest absolute Gasteiger partial charge is 0.309 e. The van der Waals surface area contributed by atoms with Gasteiger partial charge in [-0.1, -0.05) is 6.42 Å². The van der Waals surface area contributed by atoms with E-state index in [1.807, 2.05) is 23.1 Å². The Kier molecular flexibility index (Phi) is 4.70. The molecule has 2 aromatic heterocycles. The lowest BCUT2D eigenvalue weighted by Gasteiger charge is -2.13. The molecule has 3 rings (SSSR count). The Balaban J connectivity index is 1.49. The molecule has 2 aromatic rings. The molecule has 1 aliphatic rings. The lowest BCUT2D eigenvalue weighted by atomic mass is 10.1. The standard InChI is InChI=1S/C16H25N5/c1-13(8-11-21-10-5-9-18-21)17-12-16-14-6-3-2-4-7-15(14)19-20-16/h5,9-10,13,17H,2-4,6-8,11-12H2,1H3,(H,19,20). The van der Waals surface area contributed by atoms with Crippen LogP contribution in [-0.2, 0) is 25.9 Å². The van der Waals surface area contributed by atoms with Gasteiger partial charge < -0.3 is 5.32 Å². The maximum atomic E-state index is 4.52. The first kappa shape index (κ1) is 14.3. The summed E-state index contributed by atoms with van der Waals surface area (Å²) in [6.45, 7) is 4.06. The number of aromatic amines is 1. The molecular formula is C16H25N5. The van der Waals surface area contributed by atoms with E-state index in [9.17, 15) is 0 Å². The molecule has 0 spiro atoms. The molecule has 1 atom stereocenters. The van der Waals surface area contributed by atoms with Crippen LogP contribution in [0, 0.1) is 0 Å². The lowest BCUT2D eigenvalue weighted by molar-refractivity contribution is 0.455. The zero-order valence-electron chi connectivity index (χ0n) is 12.8. The molecule has 5 nitrogen and oxygen atoms in total. The summed E-state index contributed by atoms with van der Waals surface area (Å²) in [5.74, 6) is 0. The van der Waals surface area contributed by atoms with Crippen molar-refractivity contribution in [3.8, 4) is 0 Å². The van der Waals surface area contributed by atoms with Gasteiger partial charge in [-0.2, -0.15) is 10.2 Å². The van der Waals surface area contributed by atoms with E-state index >= 15 is 0 Å². The summed E-state index contributed by atoms with van der Waals surface area (Å²) in [5.41, 5.74) is 4.06. The van der Waals surface area contributed by atoms with Crippen molar-refractivity contribution < 1.29 is 0 Å². The smallest absolute Gasteiger partial charge is 0.0794 e. The fourth-order valence-electron chi connectivity index (χ4n) is 3.00. The minimum absolute atomic E-state index is 0.465. The molecule has 0 saturated carbocycles. The van der Waals surface area contributed by atoms with Gasteiger partial charge >= 0.3 is 0 Å². The summed E-state index contributed by atoms with van der Waals surface area (Å²) < 4.78 is 1.98. The number of hydrogen-bond acceptors (Lipinski definition) is 3. The van der Waals surface area contributed by atoms with Crippen LogP contribution in [0.3, 0.4) is 0 Å². The van der Waals surface area contributed by atoms with Crippen LogP contribution in [0.2, 0.25) is 0 Å². The Morgan fingerprint density at radius 3 is 3.10 bits per heavy atom. The van der Waals surface area contributed by atoms with Crippen LogP contribution in [0.1, 0.15) is 49.6 Å². The molecule has 0 bridgehead atoms. The van der Waals surface area contributed by atoms with Gasteiger partial charge in [0.2, 0.25) is 0 Å². The molecule has 0 aliphatic heterocycles. The Labute approximate surface area is 126 Å². The van der Waals surface area contributed by atoms with Gasteiger partial charge in [0.15, 0.2) is 0 Å². The van der Waals surface area contributed by atoms with Gasteiger partial charge in [-0.05, 0) is 50.7 Å². The summed E-state index contributed by atoms with van der Waals surface area (Å²) in [4.78, 5) is 0. The number of aryl methyl sites for hydroxylation is 2. The molecule has 5 heteroatoms. The number of nitrogens with one attached hydrogen (secondary N) is 2. The normalized spacial score (nSPS) is 16.4. The molecule has 21 heavy (non-hydrogen) atoms. The van der Waals surface area contributed by atoms with Crippen molar-refractivity contribution in [2.75, 3.05) is 0 Å². The highest BCUT2D eigenvalue weighted by Crippen LogP contribution is 2.21. The van der Waals surface area contributed by atoms with E-state index in [2.05, 4.69) is 27.5 Å². The Morgan fingerprint density at radius 1 is 1.33 bits per heavy atom. The zero-order chi connectivity index (χ0) is 14.5. The van der Waals surface area contributed by atoms with Gasteiger partial charge in [0, 0.05) is 37.2 Å². The highest BCUT2D eigenvalue weighted by molar-refractivity contribution is 5.26. The number of fused-ring (bicyclic) bond motifs is 1. The predicted molar refractivity (Wildman–Crippen MR) is 83.0 cm³/mol. The zero-order valence-corrected chi connectivity index (χ0v) is 12.8. The molecule has 0 aromatic carbocycles. The average molecular weight is 287 g/mol. The minimum Gasteiger partial charge on any atom is -0.309 e. The van der Waals surface area contributed by atoms with Gasteiger partial charge in [-0.25, -0.2) is 0 Å². The molecule has 1 unspecified atom stereocenters. The number of hydrogen-bond donors (Lipinski definition) is 2. The fraction of sp³-hybridized carbons (Fsp3) is 0.625. The molecule has 2 heterocycles. The lowest BCUT2D eigenvalue weighted by Crippen LogP contribution is -2.27. The summed E-state index contributed by atoms with van der Waals surface area (Å²) in [7, 11) is 0. The Bertz CT molecular complexity index is 543. The average Bonchev–Trinajstić information content (AvgIpc) is 3.08. The summed E-state index contributed by atoms with van der Waals surface area (Å²) >= 11 is 0. The molecule has 2 N–H and O–H groups in total. The number of H-pyrrole nitrogens is 1. The van der Waals surface area contributed by atoms with Crippen molar-refractivity contribution >= 4 is 0 Å². The third kappa shape index (κ3) is 3.73. The van der Waals surface area contributed by atoms with Gasteiger partial charge in [-0.3, -0.25) is 9.78 Å². The fourth-order valence-corrected chi connectivity index (χ4v) is 3.00. The summed E-state index contributed by atoms with van der Waals surface area (Å²) in [5, 5.41) is 15.6. The quantitative estimate of drug-likeness (QED) is 0.802. The Hall–Kier alpha value is -1.62. The van der Waals surface area contributed by atoms with Crippen LogP contribution >= 0.6 is 0 Å². The van der Waals surface area contributed by atoms with E-state index in [1.165, 1.54) is 42.6 Å². The van der Waals surface area contributed by atoms with Crippen molar-refractivity contribution in [3.63, 3.8) is 0 Å². The van der Waals surface area contributed by atoms with Crippen LogP contribution in [0.15, 0.2) is 18.5 Å². The van der Waals surface area contributed by atoms with Gasteiger partial charge in [0.25, 0.3) is 0 Å². The first-order valence-electron chi connectivity index (χ1n) is 8.08. The second-order valence-electron chi connectivity index (χ2n) is 6.03. The number of rotatable bonds is 6. The molecule has 0 radical (unpaired) electrons. The third-order valence-corrected chi connectivity index (χ3v) is 4.36. The van der Waals surface area contributed by atoms with Crippen molar-refractivity contribution in [2.45, 2.75) is 64.6 Å². The van der Waals surface area contributed by atoms with Crippen LogP contribution in [0.4, 0.5) is 0 Å². The van der Waals surface area contributed by atoms with E-state index in [1.54, 1.807) is 0 Å². The van der Waals surface area contributed by atoms with Crippen molar-refractivity contribution in [1.29, 1.82) is 0 Å². The molecule has 0 saturated heterocycles. The van der Waals surface area contributed by atoms with Crippen molar-refractivity contribution in [3.05, 3.63) is 35.4 Å². The SMILES string of the molecule is CC(CCn1cccn1)NCc1n[nH]c2c1CCCCC2. The van der Waals surface area contributed by atoms with Crippen molar-refractivity contribution in [1.82, 2.24) is 25.3 Å². The molecule has 0 amide bonds. The van der Waals surface area contributed by atoms with Crippen LogP contribution in [-0.4, -0.2) is 26.0 Å². The molecule has 0 fully saturated rings. The first-order chi connectivity index (χ1) is 10.3.